The van der Waals surface area contributed by atoms with E-state index in [1.807, 2.05) is 36.4 Å². The van der Waals surface area contributed by atoms with Gasteiger partial charge in [-0.1, -0.05) is 22.7 Å². The molecule has 1 heterocycles. The lowest BCUT2D eigenvalue weighted by atomic mass is 10.2. The zero-order valence-electron chi connectivity index (χ0n) is 12.9. The van der Waals surface area contributed by atoms with Gasteiger partial charge in [0, 0.05) is 11.1 Å². The number of nitrogens with zero attached hydrogens (tertiary/aromatic N) is 3. The molecule has 0 fully saturated rings. The Morgan fingerprint density at radius 3 is 2.48 bits per heavy atom. The molecule has 0 aliphatic carbocycles. The quantitative estimate of drug-likeness (QED) is 0.558. The van der Waals surface area contributed by atoms with Crippen LogP contribution in [0.1, 0.15) is 5.69 Å². The van der Waals surface area contributed by atoms with Gasteiger partial charge in [-0.3, -0.25) is 4.79 Å². The maximum absolute atomic E-state index is 12.2. The van der Waals surface area contributed by atoms with Crippen LogP contribution in [0.3, 0.4) is 0 Å². The Bertz CT molecular complexity index is 914. The van der Waals surface area contributed by atoms with E-state index in [1.165, 1.54) is 6.08 Å². The number of amides is 1. The monoisotopic (exact) mass is 348 g/mol. The van der Waals surface area contributed by atoms with E-state index in [-0.39, 0.29) is 5.57 Å². The highest BCUT2D eigenvalue weighted by atomic mass is 32.1. The summed E-state index contributed by atoms with van der Waals surface area (Å²) < 4.78 is 9.38. The number of para-hydroxylation sites is 1. The molecule has 0 bridgehead atoms. The van der Waals surface area contributed by atoms with Crippen molar-refractivity contribution in [3.63, 3.8) is 0 Å². The third kappa shape index (κ3) is 4.50. The highest BCUT2D eigenvalue weighted by Gasteiger charge is 2.10. The molecule has 0 unspecified atom stereocenters. The SMILES string of the molecule is N#C/C(=C/c1csnn1)C(=O)Nc1ccc(Oc2ccccc2)cc1. The topological polar surface area (TPSA) is 87.9 Å². The van der Waals surface area contributed by atoms with E-state index in [9.17, 15) is 4.79 Å². The van der Waals surface area contributed by atoms with Gasteiger partial charge in [0.25, 0.3) is 5.91 Å². The average molecular weight is 348 g/mol. The predicted octanol–water partition coefficient (Wildman–Crippen LogP) is 3.88. The standard InChI is InChI=1S/C18H12N4O2S/c19-11-13(10-15-12-25-22-21-15)18(23)20-14-6-8-17(9-7-14)24-16-4-2-1-3-5-16/h1-10,12H,(H,20,23)/b13-10-. The van der Waals surface area contributed by atoms with E-state index in [0.29, 0.717) is 17.1 Å². The van der Waals surface area contributed by atoms with Crippen molar-refractivity contribution in [2.45, 2.75) is 0 Å². The van der Waals surface area contributed by atoms with E-state index >= 15 is 0 Å². The Kier molecular flexibility index (Phi) is 5.14. The molecule has 0 saturated heterocycles. The fourth-order valence-corrected chi connectivity index (χ4v) is 2.37. The Morgan fingerprint density at radius 2 is 1.84 bits per heavy atom. The summed E-state index contributed by atoms with van der Waals surface area (Å²) in [6.45, 7) is 0. The molecule has 1 aromatic heterocycles. The molecule has 6 nitrogen and oxygen atoms in total. The van der Waals surface area contributed by atoms with Gasteiger partial charge in [-0.25, -0.2) is 0 Å². The van der Waals surface area contributed by atoms with Gasteiger partial charge in [-0.05, 0) is 54.0 Å². The zero-order chi connectivity index (χ0) is 17.5. The number of carbonyl (C=O) groups excluding carboxylic acids is 1. The third-order valence-electron chi connectivity index (χ3n) is 3.13. The minimum Gasteiger partial charge on any atom is -0.457 e. The van der Waals surface area contributed by atoms with Crippen LogP contribution in [-0.4, -0.2) is 15.5 Å². The van der Waals surface area contributed by atoms with Crippen LogP contribution < -0.4 is 10.1 Å². The fourth-order valence-electron chi connectivity index (χ4n) is 1.96. The second-order valence-corrected chi connectivity index (χ2v) is 5.50. The summed E-state index contributed by atoms with van der Waals surface area (Å²) in [5.74, 6) is 0.867. The first-order valence-corrected chi connectivity index (χ1v) is 8.11. The zero-order valence-corrected chi connectivity index (χ0v) is 13.7. The molecule has 0 spiro atoms. The highest BCUT2D eigenvalue weighted by Crippen LogP contribution is 2.22. The van der Waals surface area contributed by atoms with Crippen molar-refractivity contribution in [3.8, 4) is 17.6 Å². The van der Waals surface area contributed by atoms with E-state index in [1.54, 1.807) is 29.6 Å². The molecule has 3 aromatic rings. The second-order valence-electron chi connectivity index (χ2n) is 4.89. The number of ether oxygens (including phenoxy) is 1. The Hall–Kier alpha value is -3.50. The van der Waals surface area contributed by atoms with Crippen LogP contribution in [0.25, 0.3) is 6.08 Å². The Labute approximate surface area is 148 Å². The smallest absolute Gasteiger partial charge is 0.266 e. The summed E-state index contributed by atoms with van der Waals surface area (Å²) in [7, 11) is 0. The van der Waals surface area contributed by atoms with Gasteiger partial charge >= 0.3 is 0 Å². The van der Waals surface area contributed by atoms with Gasteiger partial charge in [-0.2, -0.15) is 5.26 Å². The van der Waals surface area contributed by atoms with Crippen LogP contribution in [-0.2, 0) is 4.79 Å². The van der Waals surface area contributed by atoms with Crippen molar-refractivity contribution in [1.29, 1.82) is 5.26 Å². The van der Waals surface area contributed by atoms with Gasteiger partial charge < -0.3 is 10.1 Å². The lowest BCUT2D eigenvalue weighted by Crippen LogP contribution is -2.13. The van der Waals surface area contributed by atoms with Crippen molar-refractivity contribution in [3.05, 3.63) is 71.2 Å². The molecule has 0 atom stereocenters. The van der Waals surface area contributed by atoms with Crippen LogP contribution in [0.4, 0.5) is 5.69 Å². The molecular formula is C18H12N4O2S. The predicted molar refractivity (Wildman–Crippen MR) is 95.1 cm³/mol. The second kappa shape index (κ2) is 7.86. The molecule has 7 heteroatoms. The molecule has 2 aromatic carbocycles. The molecule has 1 amide bonds. The Morgan fingerprint density at radius 1 is 1.12 bits per heavy atom. The first-order valence-electron chi connectivity index (χ1n) is 7.28. The summed E-state index contributed by atoms with van der Waals surface area (Å²) in [6.07, 6.45) is 1.39. The summed E-state index contributed by atoms with van der Waals surface area (Å²) >= 11 is 1.15. The van der Waals surface area contributed by atoms with Crippen molar-refractivity contribution in [1.82, 2.24) is 9.59 Å². The Balaban J connectivity index is 1.66. The largest absolute Gasteiger partial charge is 0.457 e. The maximum atomic E-state index is 12.2. The maximum Gasteiger partial charge on any atom is 0.266 e. The van der Waals surface area contributed by atoms with Gasteiger partial charge in [0.15, 0.2) is 0 Å². The van der Waals surface area contributed by atoms with Crippen molar-refractivity contribution in [2.24, 2.45) is 0 Å². The molecule has 0 aliphatic heterocycles. The first-order chi connectivity index (χ1) is 12.2. The van der Waals surface area contributed by atoms with Crippen molar-refractivity contribution in [2.75, 3.05) is 5.32 Å². The van der Waals surface area contributed by atoms with Gasteiger partial charge in [-0.15, -0.1) is 5.10 Å². The molecular weight excluding hydrogens is 336 g/mol. The van der Waals surface area contributed by atoms with Gasteiger partial charge in [0.1, 0.15) is 23.1 Å². The summed E-state index contributed by atoms with van der Waals surface area (Å²) in [5, 5.41) is 17.2. The molecule has 25 heavy (non-hydrogen) atoms. The normalized spacial score (nSPS) is 10.8. The number of carbonyl (C=O) groups is 1. The molecule has 122 valence electrons. The fraction of sp³-hybridized carbons (Fsp3) is 0. The van der Waals surface area contributed by atoms with E-state index in [4.69, 9.17) is 10.00 Å². The summed E-state index contributed by atoms with van der Waals surface area (Å²) in [6, 6.07) is 18.1. The third-order valence-corrected chi connectivity index (χ3v) is 3.65. The number of benzene rings is 2. The van der Waals surface area contributed by atoms with Gasteiger partial charge in [0.2, 0.25) is 0 Å². The number of nitrogens with one attached hydrogen (secondary N) is 1. The minimum absolute atomic E-state index is 0.0442. The molecule has 3 rings (SSSR count). The summed E-state index contributed by atoms with van der Waals surface area (Å²) in [4.78, 5) is 12.2. The average Bonchev–Trinajstić information content (AvgIpc) is 3.15. The van der Waals surface area contributed by atoms with Crippen molar-refractivity contribution < 1.29 is 9.53 Å². The van der Waals surface area contributed by atoms with Gasteiger partial charge in [0.05, 0.1) is 5.69 Å². The molecule has 0 radical (unpaired) electrons. The van der Waals surface area contributed by atoms with Crippen LogP contribution in [0.15, 0.2) is 65.6 Å². The van der Waals surface area contributed by atoms with Crippen LogP contribution in [0.5, 0.6) is 11.5 Å². The summed E-state index contributed by atoms with van der Waals surface area (Å²) in [5.41, 5.74) is 0.989. The lowest BCUT2D eigenvalue weighted by molar-refractivity contribution is -0.112. The van der Waals surface area contributed by atoms with Crippen LogP contribution in [0.2, 0.25) is 0 Å². The van der Waals surface area contributed by atoms with Crippen molar-refractivity contribution >= 4 is 29.2 Å². The van der Waals surface area contributed by atoms with E-state index in [2.05, 4.69) is 14.9 Å². The molecule has 0 aliphatic rings. The number of hydrogen-bond acceptors (Lipinski definition) is 6. The number of anilines is 1. The van der Waals surface area contributed by atoms with Crippen LogP contribution in [0, 0.1) is 11.3 Å². The minimum atomic E-state index is -0.507. The first kappa shape index (κ1) is 16.4. The number of rotatable bonds is 5. The molecule has 0 saturated carbocycles. The number of aromatic nitrogens is 2. The van der Waals surface area contributed by atoms with Crippen LogP contribution >= 0.6 is 11.5 Å². The highest BCUT2D eigenvalue weighted by molar-refractivity contribution is 7.03. The molecule has 1 N–H and O–H groups in total. The van der Waals surface area contributed by atoms with E-state index in [0.717, 1.165) is 17.3 Å². The van der Waals surface area contributed by atoms with E-state index < -0.39 is 5.91 Å². The number of hydrogen-bond donors (Lipinski definition) is 1. The number of nitriles is 1. The lowest BCUT2D eigenvalue weighted by Gasteiger charge is -2.07.